The molecule has 0 amide bonds. The highest BCUT2D eigenvalue weighted by atomic mass is 16.3. The van der Waals surface area contributed by atoms with Crippen LogP contribution in [-0.4, -0.2) is 43.5 Å². The van der Waals surface area contributed by atoms with Gasteiger partial charge in [0.25, 0.3) is 0 Å². The predicted octanol–water partition coefficient (Wildman–Crippen LogP) is 2.45. The summed E-state index contributed by atoms with van der Waals surface area (Å²) in [6.45, 7) is 9.17. The van der Waals surface area contributed by atoms with E-state index in [0.717, 1.165) is 31.9 Å². The SMILES string of the molecule is CC(C)Cn1ncnc1CN1CCCCCC1CC(C)O. The molecule has 0 bridgehead atoms. The van der Waals surface area contributed by atoms with Crippen molar-refractivity contribution in [2.24, 2.45) is 5.92 Å². The molecule has 120 valence electrons. The van der Waals surface area contributed by atoms with Gasteiger partial charge in [-0.25, -0.2) is 9.67 Å². The van der Waals surface area contributed by atoms with Crippen LogP contribution in [-0.2, 0) is 13.1 Å². The fourth-order valence-corrected chi connectivity index (χ4v) is 3.20. The quantitative estimate of drug-likeness (QED) is 0.875. The Morgan fingerprint density at radius 3 is 2.81 bits per heavy atom. The van der Waals surface area contributed by atoms with Crippen molar-refractivity contribution < 1.29 is 5.11 Å². The lowest BCUT2D eigenvalue weighted by Gasteiger charge is -2.30. The van der Waals surface area contributed by atoms with Crippen molar-refractivity contribution in [2.75, 3.05) is 6.54 Å². The summed E-state index contributed by atoms with van der Waals surface area (Å²) < 4.78 is 2.04. The van der Waals surface area contributed by atoms with Crippen molar-refractivity contribution in [1.82, 2.24) is 19.7 Å². The second-order valence-corrected chi connectivity index (χ2v) is 6.81. The largest absolute Gasteiger partial charge is 0.393 e. The number of aliphatic hydroxyl groups is 1. The molecule has 2 heterocycles. The molecule has 2 rings (SSSR count). The molecule has 1 saturated heterocycles. The lowest BCUT2D eigenvalue weighted by atomic mass is 10.0. The van der Waals surface area contributed by atoms with Crippen LogP contribution < -0.4 is 0 Å². The zero-order valence-electron chi connectivity index (χ0n) is 13.7. The molecule has 2 unspecified atom stereocenters. The summed E-state index contributed by atoms with van der Waals surface area (Å²) in [6, 6.07) is 0.469. The molecule has 1 aromatic heterocycles. The minimum absolute atomic E-state index is 0.232. The van der Waals surface area contributed by atoms with Crippen LogP contribution in [0.5, 0.6) is 0 Å². The van der Waals surface area contributed by atoms with Gasteiger partial charge in [0.15, 0.2) is 0 Å². The molecule has 5 nitrogen and oxygen atoms in total. The average molecular weight is 294 g/mol. The van der Waals surface area contributed by atoms with E-state index < -0.39 is 0 Å². The van der Waals surface area contributed by atoms with Crippen molar-refractivity contribution in [1.29, 1.82) is 0 Å². The summed E-state index contributed by atoms with van der Waals surface area (Å²) in [5.74, 6) is 1.63. The first kappa shape index (κ1) is 16.4. The van der Waals surface area contributed by atoms with E-state index >= 15 is 0 Å². The first-order valence-corrected chi connectivity index (χ1v) is 8.35. The van der Waals surface area contributed by atoms with Crippen LogP contribution in [0.3, 0.4) is 0 Å². The van der Waals surface area contributed by atoms with Crippen LogP contribution >= 0.6 is 0 Å². The van der Waals surface area contributed by atoms with Crippen LogP contribution in [0.2, 0.25) is 0 Å². The summed E-state index contributed by atoms with van der Waals surface area (Å²) in [7, 11) is 0. The lowest BCUT2D eigenvalue weighted by molar-refractivity contribution is 0.105. The topological polar surface area (TPSA) is 54.2 Å². The van der Waals surface area contributed by atoms with E-state index in [1.807, 2.05) is 11.6 Å². The van der Waals surface area contributed by atoms with Crippen LogP contribution in [0, 0.1) is 5.92 Å². The molecule has 0 aliphatic carbocycles. The average Bonchev–Trinajstić information content (AvgIpc) is 2.69. The minimum atomic E-state index is -0.232. The van der Waals surface area contributed by atoms with E-state index in [0.29, 0.717) is 12.0 Å². The molecule has 1 aliphatic rings. The van der Waals surface area contributed by atoms with Crippen LogP contribution in [0.1, 0.15) is 58.7 Å². The van der Waals surface area contributed by atoms with Gasteiger partial charge in [0.1, 0.15) is 12.2 Å². The molecule has 1 N–H and O–H groups in total. The Kier molecular flexibility index (Phi) is 6.18. The van der Waals surface area contributed by atoms with Crippen LogP contribution in [0.15, 0.2) is 6.33 Å². The number of likely N-dealkylation sites (tertiary alicyclic amines) is 1. The van der Waals surface area contributed by atoms with E-state index in [1.165, 1.54) is 25.7 Å². The zero-order valence-corrected chi connectivity index (χ0v) is 13.7. The fraction of sp³-hybridized carbons (Fsp3) is 0.875. The maximum absolute atomic E-state index is 9.75. The third kappa shape index (κ3) is 5.08. The summed E-state index contributed by atoms with van der Waals surface area (Å²) in [6.07, 6.45) is 7.29. The summed E-state index contributed by atoms with van der Waals surface area (Å²) in [5.41, 5.74) is 0. The fourth-order valence-electron chi connectivity index (χ4n) is 3.20. The Bertz CT molecular complexity index is 416. The number of hydrogen-bond acceptors (Lipinski definition) is 4. The Balaban J connectivity index is 2.05. The van der Waals surface area contributed by atoms with Crippen LogP contribution in [0.4, 0.5) is 0 Å². The van der Waals surface area contributed by atoms with Crippen molar-refractivity contribution in [3.8, 4) is 0 Å². The molecular weight excluding hydrogens is 264 g/mol. The molecule has 0 saturated carbocycles. The van der Waals surface area contributed by atoms with E-state index in [9.17, 15) is 5.11 Å². The highest BCUT2D eigenvalue weighted by molar-refractivity contribution is 4.88. The first-order valence-electron chi connectivity index (χ1n) is 8.35. The van der Waals surface area contributed by atoms with Gasteiger partial charge in [0, 0.05) is 12.6 Å². The highest BCUT2D eigenvalue weighted by Crippen LogP contribution is 2.22. The smallest absolute Gasteiger partial charge is 0.141 e. The van der Waals surface area contributed by atoms with Crippen molar-refractivity contribution in [3.05, 3.63) is 12.2 Å². The standard InChI is InChI=1S/C16H30N4O/c1-13(2)10-20-16(17-12-18-20)11-19-8-6-4-5-7-15(19)9-14(3)21/h12-15,21H,4-11H2,1-3H3. The number of hydrogen-bond donors (Lipinski definition) is 1. The van der Waals surface area contributed by atoms with Crippen LogP contribution in [0.25, 0.3) is 0 Å². The second kappa shape index (κ2) is 7.90. The maximum atomic E-state index is 9.75. The molecule has 2 atom stereocenters. The number of aromatic nitrogens is 3. The van der Waals surface area contributed by atoms with Gasteiger partial charge < -0.3 is 5.11 Å². The van der Waals surface area contributed by atoms with Gasteiger partial charge >= 0.3 is 0 Å². The zero-order chi connectivity index (χ0) is 15.2. The summed E-state index contributed by atoms with van der Waals surface area (Å²) in [5, 5.41) is 14.1. The maximum Gasteiger partial charge on any atom is 0.141 e. The summed E-state index contributed by atoms with van der Waals surface area (Å²) >= 11 is 0. The molecule has 1 aliphatic heterocycles. The Hall–Kier alpha value is -0.940. The Labute approximate surface area is 128 Å². The third-order valence-electron chi connectivity index (χ3n) is 4.19. The van der Waals surface area contributed by atoms with Gasteiger partial charge in [0.2, 0.25) is 0 Å². The molecular formula is C16H30N4O. The van der Waals surface area contributed by atoms with Gasteiger partial charge in [0.05, 0.1) is 12.6 Å². The van der Waals surface area contributed by atoms with Gasteiger partial charge in [-0.2, -0.15) is 5.10 Å². The molecule has 0 radical (unpaired) electrons. The minimum Gasteiger partial charge on any atom is -0.393 e. The highest BCUT2D eigenvalue weighted by Gasteiger charge is 2.24. The predicted molar refractivity (Wildman–Crippen MR) is 83.8 cm³/mol. The van der Waals surface area contributed by atoms with E-state index in [2.05, 4.69) is 28.8 Å². The van der Waals surface area contributed by atoms with Crippen molar-refractivity contribution in [2.45, 2.75) is 78.1 Å². The molecule has 1 fully saturated rings. The molecule has 5 heteroatoms. The van der Waals surface area contributed by atoms with Gasteiger partial charge in [-0.15, -0.1) is 0 Å². The molecule has 21 heavy (non-hydrogen) atoms. The van der Waals surface area contributed by atoms with E-state index in [-0.39, 0.29) is 6.10 Å². The first-order chi connectivity index (χ1) is 10.1. The molecule has 0 spiro atoms. The Morgan fingerprint density at radius 2 is 2.10 bits per heavy atom. The number of aliphatic hydroxyl groups excluding tert-OH is 1. The van der Waals surface area contributed by atoms with E-state index in [4.69, 9.17) is 0 Å². The van der Waals surface area contributed by atoms with Gasteiger partial charge in [-0.1, -0.05) is 26.7 Å². The third-order valence-corrected chi connectivity index (χ3v) is 4.19. The van der Waals surface area contributed by atoms with Gasteiger partial charge in [-0.05, 0) is 38.6 Å². The van der Waals surface area contributed by atoms with Crippen molar-refractivity contribution >= 4 is 0 Å². The normalized spacial score (nSPS) is 22.4. The van der Waals surface area contributed by atoms with Crippen molar-refractivity contribution in [3.63, 3.8) is 0 Å². The lowest BCUT2D eigenvalue weighted by Crippen LogP contribution is -2.37. The number of nitrogens with zero attached hydrogens (tertiary/aromatic N) is 4. The Morgan fingerprint density at radius 1 is 1.29 bits per heavy atom. The van der Waals surface area contributed by atoms with E-state index in [1.54, 1.807) is 6.33 Å². The number of rotatable bonds is 6. The monoisotopic (exact) mass is 294 g/mol. The molecule has 1 aromatic rings. The summed E-state index contributed by atoms with van der Waals surface area (Å²) in [4.78, 5) is 6.96. The second-order valence-electron chi connectivity index (χ2n) is 6.81. The van der Waals surface area contributed by atoms with Gasteiger partial charge in [-0.3, -0.25) is 4.90 Å². The molecule has 0 aromatic carbocycles.